The molecule has 0 heterocycles. The van der Waals surface area contributed by atoms with Crippen molar-refractivity contribution in [2.75, 3.05) is 13.1 Å². The van der Waals surface area contributed by atoms with Crippen molar-refractivity contribution >= 4 is 12.4 Å². The summed E-state index contributed by atoms with van der Waals surface area (Å²) in [6.07, 6.45) is 11.1. The molecule has 0 spiro atoms. The molecule has 0 saturated carbocycles. The van der Waals surface area contributed by atoms with Crippen molar-refractivity contribution in [2.45, 2.75) is 64.2 Å². The number of halogens is 1. The standard InChI is InChI=1S/C24H35N.ClH/c1-2-3-4-5-6-7-8-15-20-25-21-24(22-16-11-9-12-17-22)23-18-13-10-14-19-23;/h9-14,16-19,24-25H,2-8,15,20-21H2,1H3;1H. The van der Waals surface area contributed by atoms with Crippen molar-refractivity contribution in [3.05, 3.63) is 71.8 Å². The Hall–Kier alpha value is -1.31. The molecule has 2 heteroatoms. The zero-order valence-electron chi connectivity index (χ0n) is 16.3. The third kappa shape index (κ3) is 8.87. The molecule has 0 saturated heterocycles. The molecule has 144 valence electrons. The minimum absolute atomic E-state index is 0. The highest BCUT2D eigenvalue weighted by atomic mass is 35.5. The van der Waals surface area contributed by atoms with Gasteiger partial charge in [0.15, 0.2) is 0 Å². The molecule has 1 nitrogen and oxygen atoms in total. The zero-order valence-corrected chi connectivity index (χ0v) is 17.1. The van der Waals surface area contributed by atoms with Gasteiger partial charge in [-0.25, -0.2) is 0 Å². The molecule has 0 amide bonds. The highest BCUT2D eigenvalue weighted by molar-refractivity contribution is 5.85. The summed E-state index contributed by atoms with van der Waals surface area (Å²) in [4.78, 5) is 0. The van der Waals surface area contributed by atoms with Crippen LogP contribution >= 0.6 is 12.4 Å². The van der Waals surface area contributed by atoms with Gasteiger partial charge >= 0.3 is 0 Å². The first-order valence-electron chi connectivity index (χ1n) is 10.2. The number of nitrogens with one attached hydrogen (secondary N) is 1. The Morgan fingerprint density at radius 2 is 1.12 bits per heavy atom. The predicted molar refractivity (Wildman–Crippen MR) is 117 cm³/mol. The van der Waals surface area contributed by atoms with Crippen molar-refractivity contribution in [1.82, 2.24) is 5.32 Å². The van der Waals surface area contributed by atoms with E-state index < -0.39 is 0 Å². The van der Waals surface area contributed by atoms with E-state index in [4.69, 9.17) is 0 Å². The van der Waals surface area contributed by atoms with Crippen LogP contribution in [0.15, 0.2) is 60.7 Å². The molecule has 26 heavy (non-hydrogen) atoms. The van der Waals surface area contributed by atoms with Crippen molar-refractivity contribution < 1.29 is 0 Å². The highest BCUT2D eigenvalue weighted by Gasteiger charge is 2.12. The molecule has 0 bridgehead atoms. The lowest BCUT2D eigenvalue weighted by Crippen LogP contribution is -2.23. The first-order chi connectivity index (χ1) is 12.4. The highest BCUT2D eigenvalue weighted by Crippen LogP contribution is 2.23. The van der Waals surface area contributed by atoms with E-state index in [9.17, 15) is 0 Å². The monoisotopic (exact) mass is 373 g/mol. The first-order valence-corrected chi connectivity index (χ1v) is 10.2. The summed E-state index contributed by atoms with van der Waals surface area (Å²) in [6, 6.07) is 21.7. The Balaban J connectivity index is 0.00000338. The zero-order chi connectivity index (χ0) is 17.6. The van der Waals surface area contributed by atoms with Crippen LogP contribution in [0.1, 0.15) is 75.3 Å². The van der Waals surface area contributed by atoms with Crippen molar-refractivity contribution in [3.63, 3.8) is 0 Å². The average Bonchev–Trinajstić information content (AvgIpc) is 2.67. The Bertz CT molecular complexity index is 501. The summed E-state index contributed by atoms with van der Waals surface area (Å²) in [5, 5.41) is 3.69. The lowest BCUT2D eigenvalue weighted by molar-refractivity contribution is 0.548. The van der Waals surface area contributed by atoms with Crippen LogP contribution in [0.3, 0.4) is 0 Å². The SMILES string of the molecule is CCCCCCCCCCNCC(c1ccccc1)c1ccccc1.Cl. The second-order valence-electron chi connectivity index (χ2n) is 7.05. The summed E-state index contributed by atoms with van der Waals surface area (Å²) < 4.78 is 0. The van der Waals surface area contributed by atoms with Gasteiger partial charge in [-0.2, -0.15) is 0 Å². The molecule has 0 unspecified atom stereocenters. The second-order valence-corrected chi connectivity index (χ2v) is 7.05. The van der Waals surface area contributed by atoms with Gasteiger partial charge in [0, 0.05) is 12.5 Å². The largest absolute Gasteiger partial charge is 0.316 e. The molecule has 1 N–H and O–H groups in total. The van der Waals surface area contributed by atoms with Gasteiger partial charge in [-0.3, -0.25) is 0 Å². The molecule has 0 atom stereocenters. The Labute approximate surface area is 167 Å². The third-order valence-electron chi connectivity index (χ3n) is 4.96. The van der Waals surface area contributed by atoms with Crippen molar-refractivity contribution in [3.8, 4) is 0 Å². The predicted octanol–water partition coefficient (Wildman–Crippen LogP) is 6.97. The Morgan fingerprint density at radius 1 is 0.654 bits per heavy atom. The van der Waals surface area contributed by atoms with Gasteiger partial charge in [-0.05, 0) is 24.1 Å². The smallest absolute Gasteiger partial charge is 0.0214 e. The molecule has 0 aliphatic rings. The number of rotatable bonds is 13. The fourth-order valence-electron chi connectivity index (χ4n) is 3.43. The van der Waals surface area contributed by atoms with Crippen LogP contribution in [0.4, 0.5) is 0 Å². The van der Waals surface area contributed by atoms with E-state index in [-0.39, 0.29) is 12.4 Å². The lowest BCUT2D eigenvalue weighted by atomic mass is 9.91. The molecule has 0 radical (unpaired) electrons. The summed E-state index contributed by atoms with van der Waals surface area (Å²) in [6.45, 7) is 4.43. The Morgan fingerprint density at radius 3 is 1.62 bits per heavy atom. The second kappa shape index (κ2) is 14.8. The van der Waals surface area contributed by atoms with E-state index in [0.29, 0.717) is 5.92 Å². The molecule has 0 aliphatic carbocycles. The quantitative estimate of drug-likeness (QED) is 0.374. The minimum atomic E-state index is 0. The minimum Gasteiger partial charge on any atom is -0.316 e. The fraction of sp³-hybridized carbons (Fsp3) is 0.500. The maximum absolute atomic E-state index is 3.69. The van der Waals surface area contributed by atoms with Gasteiger partial charge in [-0.1, -0.05) is 113 Å². The average molecular weight is 374 g/mol. The fourth-order valence-corrected chi connectivity index (χ4v) is 3.43. The van der Waals surface area contributed by atoms with Crippen molar-refractivity contribution in [1.29, 1.82) is 0 Å². The van der Waals surface area contributed by atoms with Crippen LogP contribution in [0, 0.1) is 0 Å². The van der Waals surface area contributed by atoms with Gasteiger partial charge in [0.1, 0.15) is 0 Å². The molecule has 0 fully saturated rings. The molecule has 2 aromatic rings. The Kier molecular flexibility index (Phi) is 13.0. The first kappa shape index (κ1) is 22.7. The van der Waals surface area contributed by atoms with Crippen LogP contribution in [0.2, 0.25) is 0 Å². The van der Waals surface area contributed by atoms with Crippen LogP contribution in [-0.4, -0.2) is 13.1 Å². The van der Waals surface area contributed by atoms with Gasteiger partial charge in [0.05, 0.1) is 0 Å². The van der Waals surface area contributed by atoms with E-state index in [0.717, 1.165) is 13.1 Å². The summed E-state index contributed by atoms with van der Waals surface area (Å²) >= 11 is 0. The van der Waals surface area contributed by atoms with Crippen molar-refractivity contribution in [2.24, 2.45) is 0 Å². The van der Waals surface area contributed by atoms with E-state index in [2.05, 4.69) is 72.9 Å². The lowest BCUT2D eigenvalue weighted by Gasteiger charge is -2.19. The molecule has 2 aromatic carbocycles. The van der Waals surface area contributed by atoms with Crippen LogP contribution in [0.5, 0.6) is 0 Å². The van der Waals surface area contributed by atoms with Gasteiger partial charge in [0.25, 0.3) is 0 Å². The van der Waals surface area contributed by atoms with E-state index in [1.54, 1.807) is 0 Å². The number of hydrogen-bond donors (Lipinski definition) is 1. The maximum atomic E-state index is 3.69. The molecular formula is C24H36ClN. The van der Waals surface area contributed by atoms with Crippen LogP contribution < -0.4 is 5.32 Å². The van der Waals surface area contributed by atoms with E-state index in [1.165, 1.54) is 62.5 Å². The third-order valence-corrected chi connectivity index (χ3v) is 4.96. The summed E-state index contributed by atoms with van der Waals surface area (Å²) in [5.74, 6) is 0.441. The summed E-state index contributed by atoms with van der Waals surface area (Å²) in [7, 11) is 0. The molecular weight excluding hydrogens is 338 g/mol. The molecule has 0 aromatic heterocycles. The van der Waals surface area contributed by atoms with Gasteiger partial charge < -0.3 is 5.32 Å². The van der Waals surface area contributed by atoms with Gasteiger partial charge in [-0.15, -0.1) is 12.4 Å². The number of unbranched alkanes of at least 4 members (excludes halogenated alkanes) is 7. The number of hydrogen-bond acceptors (Lipinski definition) is 1. The number of benzene rings is 2. The van der Waals surface area contributed by atoms with Crippen LogP contribution in [-0.2, 0) is 0 Å². The topological polar surface area (TPSA) is 12.0 Å². The molecule has 0 aliphatic heterocycles. The van der Waals surface area contributed by atoms with E-state index in [1.807, 2.05) is 0 Å². The van der Waals surface area contributed by atoms with E-state index >= 15 is 0 Å². The van der Waals surface area contributed by atoms with Crippen LogP contribution in [0.25, 0.3) is 0 Å². The molecule has 2 rings (SSSR count). The maximum Gasteiger partial charge on any atom is 0.0214 e. The summed E-state index contributed by atoms with van der Waals surface area (Å²) in [5.41, 5.74) is 2.80. The van der Waals surface area contributed by atoms with Gasteiger partial charge in [0.2, 0.25) is 0 Å². The normalized spacial score (nSPS) is 10.7.